The summed E-state index contributed by atoms with van der Waals surface area (Å²) in [5.41, 5.74) is 0. The Labute approximate surface area is 113 Å². The molecular weight excluding hydrogens is 270 g/mol. The molecule has 0 saturated carbocycles. The van der Waals surface area contributed by atoms with Crippen molar-refractivity contribution in [1.29, 1.82) is 0 Å². The van der Waals surface area contributed by atoms with Gasteiger partial charge in [0, 0.05) is 33.5 Å². The molecule has 0 aromatic carbocycles. The number of nitrogens with one attached hydrogen (secondary N) is 2. The lowest BCUT2D eigenvalue weighted by atomic mass is 10.4. The second-order valence-electron chi connectivity index (χ2n) is 4.16. The molecule has 0 unspecified atom stereocenters. The van der Waals surface area contributed by atoms with Crippen molar-refractivity contribution >= 4 is 10.2 Å². The number of hydrogen-bond donors (Lipinski definition) is 2. The van der Waals surface area contributed by atoms with Gasteiger partial charge >= 0.3 is 0 Å². The molecule has 1 heterocycles. The first-order chi connectivity index (χ1) is 8.95. The topological polar surface area (TPSA) is 100 Å². The largest absolute Gasteiger partial charge is 0.340 e. The highest BCUT2D eigenvalue weighted by Gasteiger charge is 2.16. The van der Waals surface area contributed by atoms with E-state index in [0.717, 1.165) is 13.0 Å². The Bertz CT molecular complexity index is 473. The van der Waals surface area contributed by atoms with Gasteiger partial charge in [0.2, 0.25) is 5.89 Å². The van der Waals surface area contributed by atoms with Gasteiger partial charge in [-0.25, -0.2) is 4.72 Å². The molecule has 0 amide bonds. The fraction of sp³-hybridized carbons (Fsp3) is 0.800. The SMILES string of the molecule is CNCCCN(C)S(=O)(=O)NCCc1noc(C)n1. The van der Waals surface area contributed by atoms with Crippen molar-refractivity contribution < 1.29 is 12.9 Å². The number of aromatic nitrogens is 2. The van der Waals surface area contributed by atoms with Gasteiger partial charge < -0.3 is 9.84 Å². The lowest BCUT2D eigenvalue weighted by molar-refractivity contribution is 0.387. The van der Waals surface area contributed by atoms with Crippen LogP contribution >= 0.6 is 0 Å². The van der Waals surface area contributed by atoms with Crippen molar-refractivity contribution in [2.45, 2.75) is 19.8 Å². The molecule has 0 atom stereocenters. The van der Waals surface area contributed by atoms with Gasteiger partial charge in [0.05, 0.1) is 0 Å². The zero-order valence-corrected chi connectivity index (χ0v) is 12.3. The molecule has 0 spiro atoms. The quantitative estimate of drug-likeness (QED) is 0.583. The second-order valence-corrected chi connectivity index (χ2v) is 6.02. The third kappa shape index (κ3) is 5.64. The van der Waals surface area contributed by atoms with Crippen molar-refractivity contribution in [1.82, 2.24) is 24.5 Å². The minimum atomic E-state index is -3.43. The first kappa shape index (κ1) is 16.0. The van der Waals surface area contributed by atoms with Crippen molar-refractivity contribution in [3.63, 3.8) is 0 Å². The zero-order chi connectivity index (χ0) is 14.3. The van der Waals surface area contributed by atoms with Crippen LogP contribution in [0.25, 0.3) is 0 Å². The third-order valence-corrected chi connectivity index (χ3v) is 4.08. The van der Waals surface area contributed by atoms with E-state index in [4.69, 9.17) is 4.52 Å². The lowest BCUT2D eigenvalue weighted by Gasteiger charge is -2.17. The van der Waals surface area contributed by atoms with E-state index < -0.39 is 10.2 Å². The van der Waals surface area contributed by atoms with E-state index in [-0.39, 0.29) is 6.54 Å². The first-order valence-corrected chi connectivity index (χ1v) is 7.54. The molecule has 0 aliphatic heterocycles. The highest BCUT2D eigenvalue weighted by atomic mass is 32.2. The standard InChI is InChI=1S/C10H21N5O3S/c1-9-13-10(14-18-9)5-7-12-19(16,17)15(3)8-4-6-11-2/h11-12H,4-8H2,1-3H3. The van der Waals surface area contributed by atoms with Crippen molar-refractivity contribution in [2.75, 3.05) is 33.7 Å². The Morgan fingerprint density at radius 1 is 1.37 bits per heavy atom. The average Bonchev–Trinajstić information content (AvgIpc) is 2.75. The summed E-state index contributed by atoms with van der Waals surface area (Å²) in [6.45, 7) is 3.19. The van der Waals surface area contributed by atoms with E-state index >= 15 is 0 Å². The highest BCUT2D eigenvalue weighted by molar-refractivity contribution is 7.87. The fourth-order valence-electron chi connectivity index (χ4n) is 1.44. The Balaban J connectivity index is 2.33. The Kier molecular flexibility index (Phi) is 6.35. The molecule has 0 radical (unpaired) electrons. The predicted octanol–water partition coefficient (Wildman–Crippen LogP) is -0.704. The second kappa shape index (κ2) is 7.53. The van der Waals surface area contributed by atoms with Crippen LogP contribution in [0, 0.1) is 6.92 Å². The summed E-state index contributed by atoms with van der Waals surface area (Å²) in [4.78, 5) is 4.00. The van der Waals surface area contributed by atoms with E-state index in [1.54, 1.807) is 14.0 Å². The highest BCUT2D eigenvalue weighted by Crippen LogP contribution is 1.98. The number of aryl methyl sites for hydroxylation is 1. The van der Waals surface area contributed by atoms with Gasteiger partial charge in [-0.2, -0.15) is 17.7 Å². The van der Waals surface area contributed by atoms with E-state index in [1.165, 1.54) is 4.31 Å². The predicted molar refractivity (Wildman–Crippen MR) is 70.8 cm³/mol. The van der Waals surface area contributed by atoms with E-state index in [2.05, 4.69) is 20.2 Å². The van der Waals surface area contributed by atoms with Gasteiger partial charge in [-0.3, -0.25) is 0 Å². The Morgan fingerprint density at radius 3 is 2.68 bits per heavy atom. The monoisotopic (exact) mass is 291 g/mol. The summed E-state index contributed by atoms with van der Waals surface area (Å²) in [6.07, 6.45) is 1.17. The molecule has 19 heavy (non-hydrogen) atoms. The number of nitrogens with zero attached hydrogens (tertiary/aromatic N) is 3. The van der Waals surface area contributed by atoms with Crippen LogP contribution < -0.4 is 10.0 Å². The summed E-state index contributed by atoms with van der Waals surface area (Å²) >= 11 is 0. The summed E-state index contributed by atoms with van der Waals surface area (Å²) in [7, 11) is -0.0496. The molecule has 0 saturated heterocycles. The summed E-state index contributed by atoms with van der Waals surface area (Å²) < 4.78 is 32.3. The van der Waals surface area contributed by atoms with Crippen LogP contribution in [-0.4, -0.2) is 56.6 Å². The van der Waals surface area contributed by atoms with Crippen molar-refractivity contribution in [3.05, 3.63) is 11.7 Å². The molecule has 1 aromatic rings. The maximum atomic E-state index is 11.9. The first-order valence-electron chi connectivity index (χ1n) is 6.10. The summed E-state index contributed by atoms with van der Waals surface area (Å²) in [6, 6.07) is 0. The zero-order valence-electron chi connectivity index (χ0n) is 11.5. The van der Waals surface area contributed by atoms with Crippen LogP contribution in [0.3, 0.4) is 0 Å². The van der Waals surface area contributed by atoms with Gasteiger partial charge in [0.25, 0.3) is 10.2 Å². The van der Waals surface area contributed by atoms with Crippen LogP contribution in [0.1, 0.15) is 18.1 Å². The van der Waals surface area contributed by atoms with Crippen LogP contribution in [0.15, 0.2) is 4.52 Å². The maximum Gasteiger partial charge on any atom is 0.279 e. The molecule has 1 aromatic heterocycles. The Morgan fingerprint density at radius 2 is 2.11 bits per heavy atom. The lowest BCUT2D eigenvalue weighted by Crippen LogP contribution is -2.40. The number of rotatable bonds is 9. The molecule has 0 aliphatic rings. The Hall–Kier alpha value is -1.03. The van der Waals surface area contributed by atoms with Crippen LogP contribution in [0.5, 0.6) is 0 Å². The molecule has 8 nitrogen and oxygen atoms in total. The fourth-order valence-corrected chi connectivity index (χ4v) is 2.39. The van der Waals surface area contributed by atoms with E-state index in [9.17, 15) is 8.42 Å². The van der Waals surface area contributed by atoms with Crippen molar-refractivity contribution in [3.8, 4) is 0 Å². The maximum absolute atomic E-state index is 11.9. The van der Waals surface area contributed by atoms with Crippen LogP contribution in [0.4, 0.5) is 0 Å². The molecule has 1 rings (SSSR count). The van der Waals surface area contributed by atoms with Gasteiger partial charge in [0.15, 0.2) is 5.82 Å². The molecule has 0 fully saturated rings. The van der Waals surface area contributed by atoms with Gasteiger partial charge in [-0.1, -0.05) is 5.16 Å². The van der Waals surface area contributed by atoms with Gasteiger partial charge in [-0.15, -0.1) is 0 Å². The van der Waals surface area contributed by atoms with E-state index in [0.29, 0.717) is 24.7 Å². The minimum Gasteiger partial charge on any atom is -0.340 e. The molecular formula is C10H21N5O3S. The molecule has 2 N–H and O–H groups in total. The molecule has 0 bridgehead atoms. The molecule has 0 aliphatic carbocycles. The van der Waals surface area contributed by atoms with Gasteiger partial charge in [0.1, 0.15) is 0 Å². The third-order valence-electron chi connectivity index (χ3n) is 2.51. The normalized spacial score (nSPS) is 12.2. The average molecular weight is 291 g/mol. The van der Waals surface area contributed by atoms with Gasteiger partial charge in [-0.05, 0) is 20.0 Å². The molecule has 110 valence electrons. The number of hydrogen-bond acceptors (Lipinski definition) is 6. The molecule has 9 heteroatoms. The van der Waals surface area contributed by atoms with Crippen LogP contribution in [-0.2, 0) is 16.6 Å². The summed E-state index contributed by atoms with van der Waals surface area (Å²) in [5.74, 6) is 0.972. The van der Waals surface area contributed by atoms with Crippen LogP contribution in [0.2, 0.25) is 0 Å². The van der Waals surface area contributed by atoms with Crippen molar-refractivity contribution in [2.24, 2.45) is 0 Å². The van der Waals surface area contributed by atoms with E-state index in [1.807, 2.05) is 7.05 Å². The minimum absolute atomic E-state index is 0.248. The summed E-state index contributed by atoms with van der Waals surface area (Å²) in [5, 5.41) is 6.67. The smallest absolute Gasteiger partial charge is 0.279 e.